The van der Waals surface area contributed by atoms with Gasteiger partial charge in [0.05, 0.1) is 42.2 Å². The zero-order chi connectivity index (χ0) is 23.0. The average Bonchev–Trinajstić information content (AvgIpc) is 3.55. The smallest absolute Gasteiger partial charge is 0.328 e. The molecule has 0 bridgehead atoms. The first-order valence-corrected chi connectivity index (χ1v) is 13.9. The largest absolute Gasteiger partial charge is 0.379 e. The van der Waals surface area contributed by atoms with E-state index in [2.05, 4.69) is 10.2 Å². The highest BCUT2D eigenvalue weighted by molar-refractivity contribution is 8.15. The number of aliphatic imine (C=N–C) groups is 1. The lowest BCUT2D eigenvalue weighted by atomic mass is 10.1. The SMILES string of the molecule is O=S(=O)(c1cccs1)N(c1cccc2c1NC(C1=NCC(CN3CCOCC3)S1)C2)C(F)F. The number of morpholine rings is 1. The van der Waals surface area contributed by atoms with Crippen LogP contribution in [0.15, 0.2) is 44.9 Å². The van der Waals surface area contributed by atoms with Crippen molar-refractivity contribution < 1.29 is 21.9 Å². The number of nitrogens with zero attached hydrogens (tertiary/aromatic N) is 3. The first-order valence-electron chi connectivity index (χ1n) is 10.7. The summed E-state index contributed by atoms with van der Waals surface area (Å²) in [6, 6.07) is 7.63. The summed E-state index contributed by atoms with van der Waals surface area (Å²) in [5.41, 5.74) is 1.21. The fraction of sp³-hybridized carbons (Fsp3) is 0.476. The minimum atomic E-state index is -4.38. The summed E-state index contributed by atoms with van der Waals surface area (Å²) in [6.07, 6.45) is 0.579. The van der Waals surface area contributed by atoms with Crippen molar-refractivity contribution >= 4 is 49.5 Å². The predicted octanol–water partition coefficient (Wildman–Crippen LogP) is 3.35. The number of hydrogen-bond acceptors (Lipinski definition) is 8. The van der Waals surface area contributed by atoms with E-state index in [-0.39, 0.29) is 20.2 Å². The summed E-state index contributed by atoms with van der Waals surface area (Å²) in [7, 11) is -4.38. The number of sulfonamides is 1. The number of nitrogens with one attached hydrogen (secondary N) is 1. The summed E-state index contributed by atoms with van der Waals surface area (Å²) >= 11 is 2.64. The molecule has 2 atom stereocenters. The number of anilines is 2. The van der Waals surface area contributed by atoms with Gasteiger partial charge in [-0.15, -0.1) is 23.1 Å². The fourth-order valence-electron chi connectivity index (χ4n) is 4.34. The standard InChI is InChI=1S/C21H24F2N4O3S3/c22-21(23)27(33(28,29)18-5-2-10-31-18)17-4-1-3-14-11-16(25-19(14)17)20-24-12-15(32-20)13-26-6-8-30-9-7-26/h1-5,10,15-16,21,25H,6-9,11-13H2. The molecule has 0 amide bonds. The van der Waals surface area contributed by atoms with Gasteiger partial charge in [0.1, 0.15) is 4.21 Å². The Balaban J connectivity index is 1.33. The fourth-order valence-corrected chi connectivity index (χ4v) is 7.98. The lowest BCUT2D eigenvalue weighted by molar-refractivity contribution is 0.0385. The van der Waals surface area contributed by atoms with Crippen molar-refractivity contribution in [2.45, 2.75) is 28.5 Å². The topological polar surface area (TPSA) is 74.2 Å². The van der Waals surface area contributed by atoms with Crippen LogP contribution in [0.5, 0.6) is 0 Å². The molecule has 0 saturated carbocycles. The van der Waals surface area contributed by atoms with Crippen molar-refractivity contribution in [3.8, 4) is 0 Å². The zero-order valence-corrected chi connectivity index (χ0v) is 20.1. The Morgan fingerprint density at radius 2 is 2.06 bits per heavy atom. The minimum absolute atomic E-state index is 0.0353. The van der Waals surface area contributed by atoms with Gasteiger partial charge in [-0.2, -0.15) is 8.78 Å². The van der Waals surface area contributed by atoms with E-state index in [0.717, 1.165) is 54.8 Å². The van der Waals surface area contributed by atoms with Crippen LogP contribution in [-0.4, -0.2) is 75.6 Å². The average molecular weight is 515 g/mol. The molecule has 0 aliphatic carbocycles. The number of halogens is 2. The van der Waals surface area contributed by atoms with Gasteiger partial charge >= 0.3 is 6.55 Å². The van der Waals surface area contributed by atoms with Crippen LogP contribution in [-0.2, 0) is 21.2 Å². The molecule has 12 heteroatoms. The molecule has 178 valence electrons. The third-order valence-corrected chi connectivity index (χ3v) is 10.3. The summed E-state index contributed by atoms with van der Waals surface area (Å²) < 4.78 is 59.7. The van der Waals surface area contributed by atoms with Crippen LogP contribution in [0.4, 0.5) is 20.2 Å². The van der Waals surface area contributed by atoms with E-state index in [4.69, 9.17) is 9.73 Å². The second-order valence-electron chi connectivity index (χ2n) is 8.05. The Morgan fingerprint density at radius 3 is 2.79 bits per heavy atom. The Kier molecular flexibility index (Phi) is 6.62. The number of thiophene rings is 1. The van der Waals surface area contributed by atoms with Gasteiger partial charge in [0.15, 0.2) is 0 Å². The van der Waals surface area contributed by atoms with Gasteiger partial charge in [-0.05, 0) is 23.1 Å². The molecule has 1 aromatic carbocycles. The van der Waals surface area contributed by atoms with Gasteiger partial charge < -0.3 is 10.1 Å². The van der Waals surface area contributed by atoms with E-state index < -0.39 is 16.6 Å². The van der Waals surface area contributed by atoms with Gasteiger partial charge in [-0.3, -0.25) is 9.89 Å². The van der Waals surface area contributed by atoms with Gasteiger partial charge in [-0.25, -0.2) is 12.7 Å². The van der Waals surface area contributed by atoms with Gasteiger partial charge in [0, 0.05) is 31.3 Å². The highest BCUT2D eigenvalue weighted by Gasteiger charge is 2.38. The van der Waals surface area contributed by atoms with Crippen LogP contribution in [0, 0.1) is 0 Å². The highest BCUT2D eigenvalue weighted by Crippen LogP contribution is 2.41. The second kappa shape index (κ2) is 9.49. The van der Waals surface area contributed by atoms with Crippen LogP contribution in [0.1, 0.15) is 5.56 Å². The summed E-state index contributed by atoms with van der Waals surface area (Å²) in [6.45, 7) is 1.79. The Bertz CT molecular complexity index is 1120. The Morgan fingerprint density at radius 1 is 1.24 bits per heavy atom. The lowest BCUT2D eigenvalue weighted by Crippen LogP contribution is -2.40. The maximum absolute atomic E-state index is 14.1. The first-order chi connectivity index (χ1) is 15.9. The number of benzene rings is 1. The third kappa shape index (κ3) is 4.63. The number of alkyl halides is 2. The minimum Gasteiger partial charge on any atom is -0.379 e. The van der Waals surface area contributed by atoms with Gasteiger partial charge in [0.2, 0.25) is 0 Å². The number of hydrogen-bond donors (Lipinski definition) is 1. The number of fused-ring (bicyclic) bond motifs is 1. The summed E-state index contributed by atoms with van der Waals surface area (Å²) in [4.78, 5) is 7.11. The molecule has 3 aliphatic heterocycles. The van der Waals surface area contributed by atoms with Crippen molar-refractivity contribution in [3.63, 3.8) is 0 Å². The van der Waals surface area contributed by atoms with Crippen LogP contribution in [0.25, 0.3) is 0 Å². The van der Waals surface area contributed by atoms with Crippen molar-refractivity contribution in [1.29, 1.82) is 0 Å². The molecule has 7 nitrogen and oxygen atoms in total. The number of thioether (sulfide) groups is 1. The molecule has 0 radical (unpaired) electrons. The van der Waals surface area contributed by atoms with Crippen LogP contribution in [0.2, 0.25) is 0 Å². The maximum atomic E-state index is 14.1. The van der Waals surface area contributed by atoms with E-state index in [9.17, 15) is 17.2 Å². The zero-order valence-electron chi connectivity index (χ0n) is 17.7. The predicted molar refractivity (Wildman–Crippen MR) is 128 cm³/mol. The number of para-hydroxylation sites is 1. The molecule has 2 unspecified atom stereocenters. The van der Waals surface area contributed by atoms with Crippen molar-refractivity contribution in [2.75, 3.05) is 49.0 Å². The molecular formula is C21H24F2N4O3S3. The second-order valence-corrected chi connectivity index (χ2v) is 12.4. The molecule has 5 rings (SSSR count). The molecule has 33 heavy (non-hydrogen) atoms. The normalized spacial score (nSPS) is 23.4. The summed E-state index contributed by atoms with van der Waals surface area (Å²) in [5, 5.41) is 6.15. The maximum Gasteiger partial charge on any atom is 0.328 e. The van der Waals surface area contributed by atoms with Crippen molar-refractivity contribution in [1.82, 2.24) is 4.90 Å². The monoisotopic (exact) mass is 514 g/mol. The van der Waals surface area contributed by atoms with E-state index in [1.54, 1.807) is 23.2 Å². The lowest BCUT2D eigenvalue weighted by Gasteiger charge is -2.28. The molecule has 1 aromatic heterocycles. The van der Waals surface area contributed by atoms with E-state index in [1.807, 2.05) is 6.07 Å². The van der Waals surface area contributed by atoms with E-state index in [1.165, 1.54) is 18.2 Å². The quantitative estimate of drug-likeness (QED) is 0.572. The van der Waals surface area contributed by atoms with Crippen molar-refractivity contribution in [2.24, 2.45) is 4.99 Å². The van der Waals surface area contributed by atoms with Crippen LogP contribution in [0.3, 0.4) is 0 Å². The Hall–Kier alpha value is -1.73. The van der Waals surface area contributed by atoms with E-state index >= 15 is 0 Å². The van der Waals surface area contributed by atoms with Gasteiger partial charge in [-0.1, -0.05) is 18.2 Å². The van der Waals surface area contributed by atoms with Gasteiger partial charge in [0.25, 0.3) is 10.0 Å². The molecule has 4 heterocycles. The number of rotatable bonds is 7. The molecule has 1 fully saturated rings. The van der Waals surface area contributed by atoms with E-state index in [0.29, 0.717) is 23.9 Å². The molecular weight excluding hydrogens is 490 g/mol. The third-order valence-electron chi connectivity index (χ3n) is 5.90. The molecule has 1 N–H and O–H groups in total. The number of ether oxygens (including phenoxy) is 1. The summed E-state index contributed by atoms with van der Waals surface area (Å²) in [5.74, 6) is 0. The van der Waals surface area contributed by atoms with Crippen molar-refractivity contribution in [3.05, 3.63) is 41.3 Å². The highest BCUT2D eigenvalue weighted by atomic mass is 32.2. The molecule has 2 aromatic rings. The molecule has 0 spiro atoms. The first kappa shape index (κ1) is 23.0. The molecule has 1 saturated heterocycles. The van der Waals surface area contributed by atoms with Crippen LogP contribution >= 0.6 is 23.1 Å². The van der Waals surface area contributed by atoms with Crippen LogP contribution < -0.4 is 9.62 Å². The molecule has 3 aliphatic rings. The Labute approximate surface area is 199 Å².